The van der Waals surface area contributed by atoms with Crippen LogP contribution >= 0.6 is 0 Å². The van der Waals surface area contributed by atoms with Gasteiger partial charge in [-0.05, 0) is 32.9 Å². The number of hydrogen-bond acceptors (Lipinski definition) is 5. The number of nitrogen functional groups attached to an aromatic ring is 1. The molecule has 0 fully saturated rings. The number of urea groups is 1. The number of nitrogens with zero attached hydrogens (tertiary/aromatic N) is 1. The molecule has 7 nitrogen and oxygen atoms in total. The van der Waals surface area contributed by atoms with E-state index in [2.05, 4.69) is 10.3 Å². The van der Waals surface area contributed by atoms with Gasteiger partial charge >= 0.3 is 6.03 Å². The predicted octanol–water partition coefficient (Wildman–Crippen LogP) is 0.450. The van der Waals surface area contributed by atoms with Crippen LogP contribution in [0.25, 0.3) is 0 Å². The van der Waals surface area contributed by atoms with Gasteiger partial charge < -0.3 is 11.1 Å². The van der Waals surface area contributed by atoms with Gasteiger partial charge in [0.1, 0.15) is 10.7 Å². The van der Waals surface area contributed by atoms with E-state index < -0.39 is 21.6 Å². The molecule has 0 spiro atoms. The maximum Gasteiger partial charge on any atom is 0.329 e. The lowest BCUT2D eigenvalue weighted by Gasteiger charge is -2.20. The molecular weight excluding hydrogens is 256 g/mol. The van der Waals surface area contributed by atoms with Crippen molar-refractivity contribution in [3.63, 3.8) is 0 Å². The predicted molar refractivity (Wildman–Crippen MR) is 67.3 cm³/mol. The molecule has 0 bridgehead atoms. The second-order valence-electron chi connectivity index (χ2n) is 4.73. The highest BCUT2D eigenvalue weighted by atomic mass is 32.2. The summed E-state index contributed by atoms with van der Waals surface area (Å²) >= 11 is 0. The first-order valence-electron chi connectivity index (χ1n) is 5.17. The van der Waals surface area contributed by atoms with Crippen molar-refractivity contribution in [3.8, 4) is 0 Å². The van der Waals surface area contributed by atoms with Gasteiger partial charge in [-0.2, -0.15) is 0 Å². The Morgan fingerprint density at radius 3 is 2.39 bits per heavy atom. The molecule has 0 atom stereocenters. The highest BCUT2D eigenvalue weighted by molar-refractivity contribution is 7.90. The van der Waals surface area contributed by atoms with Crippen LogP contribution in [0.4, 0.5) is 10.6 Å². The van der Waals surface area contributed by atoms with E-state index in [0.29, 0.717) is 0 Å². The quantitative estimate of drug-likeness (QED) is 0.723. The monoisotopic (exact) mass is 272 g/mol. The maximum absolute atomic E-state index is 11.8. The van der Waals surface area contributed by atoms with Crippen molar-refractivity contribution in [2.24, 2.45) is 0 Å². The highest BCUT2D eigenvalue weighted by Crippen LogP contribution is 2.08. The third kappa shape index (κ3) is 4.21. The molecule has 8 heteroatoms. The Morgan fingerprint density at radius 2 is 1.94 bits per heavy atom. The van der Waals surface area contributed by atoms with Gasteiger partial charge in [-0.15, -0.1) is 0 Å². The lowest BCUT2D eigenvalue weighted by molar-refractivity contribution is 0.237. The third-order valence-corrected chi connectivity index (χ3v) is 3.10. The summed E-state index contributed by atoms with van der Waals surface area (Å²) in [6.45, 7) is 5.22. The van der Waals surface area contributed by atoms with Crippen LogP contribution in [-0.2, 0) is 10.0 Å². The second kappa shape index (κ2) is 4.81. The van der Waals surface area contributed by atoms with Gasteiger partial charge in [0, 0.05) is 11.7 Å². The number of aromatic nitrogens is 1. The number of pyridine rings is 1. The zero-order chi connectivity index (χ0) is 14.0. The third-order valence-electron chi connectivity index (χ3n) is 1.79. The van der Waals surface area contributed by atoms with Gasteiger partial charge in [-0.1, -0.05) is 0 Å². The molecule has 0 aromatic carbocycles. The zero-order valence-electron chi connectivity index (χ0n) is 10.4. The van der Waals surface area contributed by atoms with E-state index in [1.807, 2.05) is 4.72 Å². The van der Waals surface area contributed by atoms with Gasteiger partial charge in [0.15, 0.2) is 0 Å². The summed E-state index contributed by atoms with van der Waals surface area (Å²) in [6, 6.07) is 1.82. The number of rotatable bonds is 2. The Morgan fingerprint density at radius 1 is 1.33 bits per heavy atom. The first-order valence-corrected chi connectivity index (χ1v) is 6.65. The molecule has 18 heavy (non-hydrogen) atoms. The van der Waals surface area contributed by atoms with E-state index in [1.165, 1.54) is 12.1 Å². The summed E-state index contributed by atoms with van der Waals surface area (Å²) in [5.41, 5.74) is 4.82. The van der Waals surface area contributed by atoms with E-state index in [1.54, 1.807) is 20.8 Å². The van der Waals surface area contributed by atoms with Crippen LogP contribution in [-0.4, -0.2) is 25.0 Å². The van der Waals surface area contributed by atoms with Gasteiger partial charge in [0.2, 0.25) is 0 Å². The molecular formula is C10H16N4O3S. The first kappa shape index (κ1) is 14.2. The standard InChI is InChI=1S/C10H16N4O3S/c1-10(2,3)13-9(15)14-18(16,17)7-4-5-8(11)12-6-7/h4-6H,1-3H3,(H2,11,12)(H2,13,14,15). The average Bonchev–Trinajstić information content (AvgIpc) is 2.13. The van der Waals surface area contributed by atoms with Crippen LogP contribution in [0.3, 0.4) is 0 Å². The lowest BCUT2D eigenvalue weighted by atomic mass is 10.1. The smallest absolute Gasteiger partial charge is 0.329 e. The summed E-state index contributed by atoms with van der Waals surface area (Å²) in [5, 5.41) is 2.48. The normalized spacial score (nSPS) is 11.9. The molecule has 0 saturated heterocycles. The van der Waals surface area contributed by atoms with E-state index >= 15 is 0 Å². The minimum atomic E-state index is -3.93. The molecule has 1 rings (SSSR count). The van der Waals surface area contributed by atoms with Crippen LogP contribution in [0, 0.1) is 0 Å². The Hall–Kier alpha value is -1.83. The van der Waals surface area contributed by atoms with Crippen LogP contribution in [0.1, 0.15) is 20.8 Å². The van der Waals surface area contributed by atoms with Crippen molar-refractivity contribution in [3.05, 3.63) is 18.3 Å². The molecule has 0 aliphatic rings. The minimum absolute atomic E-state index is 0.124. The minimum Gasteiger partial charge on any atom is -0.384 e. The van der Waals surface area contributed by atoms with Gasteiger partial charge in [0.05, 0.1) is 0 Å². The summed E-state index contributed by atoms with van der Waals surface area (Å²) < 4.78 is 25.5. The molecule has 100 valence electrons. The highest BCUT2D eigenvalue weighted by Gasteiger charge is 2.21. The van der Waals surface area contributed by atoms with E-state index in [0.717, 1.165) is 6.20 Å². The van der Waals surface area contributed by atoms with Crippen molar-refractivity contribution in [1.29, 1.82) is 0 Å². The molecule has 2 amide bonds. The topological polar surface area (TPSA) is 114 Å². The number of nitrogens with one attached hydrogen (secondary N) is 2. The van der Waals surface area contributed by atoms with Crippen molar-refractivity contribution in [2.75, 3.05) is 5.73 Å². The van der Waals surface area contributed by atoms with Crippen LogP contribution in [0.2, 0.25) is 0 Å². The molecule has 4 N–H and O–H groups in total. The molecule has 0 aliphatic carbocycles. The molecule has 1 heterocycles. The Balaban J connectivity index is 2.83. The zero-order valence-corrected chi connectivity index (χ0v) is 11.2. The number of carbonyl (C=O) groups is 1. The summed E-state index contributed by atoms with van der Waals surface area (Å²) in [7, 11) is -3.93. The van der Waals surface area contributed by atoms with Crippen LogP contribution in [0.5, 0.6) is 0 Å². The van der Waals surface area contributed by atoms with Crippen molar-refractivity contribution >= 4 is 21.9 Å². The fourth-order valence-corrected chi connectivity index (χ4v) is 1.95. The number of amides is 2. The molecule has 0 unspecified atom stereocenters. The second-order valence-corrected chi connectivity index (χ2v) is 6.41. The number of nitrogens with two attached hydrogens (primary N) is 1. The lowest BCUT2D eigenvalue weighted by Crippen LogP contribution is -2.48. The molecule has 0 aliphatic heterocycles. The number of anilines is 1. The Kier molecular flexibility index (Phi) is 3.80. The summed E-state index contributed by atoms with van der Waals surface area (Å²) in [4.78, 5) is 15.0. The SMILES string of the molecule is CC(C)(C)NC(=O)NS(=O)(=O)c1ccc(N)nc1. The van der Waals surface area contributed by atoms with Gasteiger partial charge in [-0.25, -0.2) is 22.9 Å². The number of carbonyl (C=O) groups excluding carboxylic acids is 1. The van der Waals surface area contributed by atoms with Gasteiger partial charge in [-0.3, -0.25) is 0 Å². The average molecular weight is 272 g/mol. The molecule has 0 saturated carbocycles. The summed E-state index contributed by atoms with van der Waals surface area (Å²) in [5.74, 6) is 0.202. The maximum atomic E-state index is 11.8. The molecule has 1 aromatic heterocycles. The molecule has 0 radical (unpaired) electrons. The summed E-state index contributed by atoms with van der Waals surface area (Å²) in [6.07, 6.45) is 1.09. The van der Waals surface area contributed by atoms with Gasteiger partial charge in [0.25, 0.3) is 10.0 Å². The Bertz CT molecular complexity index is 531. The van der Waals surface area contributed by atoms with Crippen molar-refractivity contribution in [2.45, 2.75) is 31.2 Å². The Labute approximate surface area is 106 Å². The van der Waals surface area contributed by atoms with Crippen LogP contribution in [0.15, 0.2) is 23.2 Å². The number of sulfonamides is 1. The molecule has 1 aromatic rings. The van der Waals surface area contributed by atoms with E-state index in [-0.39, 0.29) is 10.7 Å². The fourth-order valence-electron chi connectivity index (χ4n) is 1.10. The largest absolute Gasteiger partial charge is 0.384 e. The van der Waals surface area contributed by atoms with E-state index in [4.69, 9.17) is 5.73 Å². The van der Waals surface area contributed by atoms with Crippen molar-refractivity contribution < 1.29 is 13.2 Å². The first-order chi connectivity index (χ1) is 8.10. The van der Waals surface area contributed by atoms with Crippen molar-refractivity contribution in [1.82, 2.24) is 15.0 Å². The number of hydrogen-bond donors (Lipinski definition) is 3. The van der Waals surface area contributed by atoms with E-state index in [9.17, 15) is 13.2 Å². The van der Waals surface area contributed by atoms with Crippen LogP contribution < -0.4 is 15.8 Å². The fraction of sp³-hybridized carbons (Fsp3) is 0.400.